The van der Waals surface area contributed by atoms with Crippen LogP contribution in [0.5, 0.6) is 11.5 Å². The van der Waals surface area contributed by atoms with E-state index in [0.717, 1.165) is 4.88 Å². The number of benzene rings is 1. The Kier molecular flexibility index (Phi) is 6.44. The summed E-state index contributed by atoms with van der Waals surface area (Å²) < 4.78 is 11.1. The molecule has 1 heterocycles. The van der Waals surface area contributed by atoms with Gasteiger partial charge in [0.1, 0.15) is 0 Å². The fourth-order valence-electron chi connectivity index (χ4n) is 2.30. The van der Waals surface area contributed by atoms with Gasteiger partial charge in [-0.3, -0.25) is 4.79 Å². The largest absolute Gasteiger partial charge is 0.493 e. The molecule has 0 bridgehead atoms. The van der Waals surface area contributed by atoms with Crippen LogP contribution in [0.2, 0.25) is 0 Å². The molecular weight excluding hydrogens is 322 g/mol. The summed E-state index contributed by atoms with van der Waals surface area (Å²) in [7, 11) is 1.57. The second-order valence-electron chi connectivity index (χ2n) is 5.59. The predicted molar refractivity (Wildman–Crippen MR) is 98.0 cm³/mol. The molecule has 128 valence electrons. The van der Waals surface area contributed by atoms with Crippen LogP contribution in [0.15, 0.2) is 48.4 Å². The molecule has 0 N–H and O–H groups in total. The molecule has 0 unspecified atom stereocenters. The predicted octanol–water partition coefficient (Wildman–Crippen LogP) is 4.37. The lowest BCUT2D eigenvalue weighted by Crippen LogP contribution is -2.30. The van der Waals surface area contributed by atoms with Gasteiger partial charge >= 0.3 is 0 Å². The normalized spacial score (nSPS) is 10.5. The summed E-state index contributed by atoms with van der Waals surface area (Å²) in [6.45, 7) is 8.70. The first kappa shape index (κ1) is 18.1. The Hall–Kier alpha value is -2.27. The summed E-state index contributed by atoms with van der Waals surface area (Å²) in [5.41, 5.74) is 0.571. The van der Waals surface area contributed by atoms with Crippen LogP contribution in [0.25, 0.3) is 0 Å². The van der Waals surface area contributed by atoms with Gasteiger partial charge in [-0.1, -0.05) is 12.1 Å². The molecule has 0 aliphatic rings. The van der Waals surface area contributed by atoms with E-state index in [-0.39, 0.29) is 12.0 Å². The summed E-state index contributed by atoms with van der Waals surface area (Å²) in [6.07, 6.45) is 1.77. The molecule has 0 saturated heterocycles. The van der Waals surface area contributed by atoms with Crippen LogP contribution in [0.1, 0.15) is 29.1 Å². The summed E-state index contributed by atoms with van der Waals surface area (Å²) >= 11 is 1.63. The first-order chi connectivity index (χ1) is 11.5. The molecule has 2 aromatic rings. The van der Waals surface area contributed by atoms with Gasteiger partial charge in [0.05, 0.1) is 19.8 Å². The van der Waals surface area contributed by atoms with Crippen molar-refractivity contribution in [3.63, 3.8) is 0 Å². The van der Waals surface area contributed by atoms with Gasteiger partial charge in [0.2, 0.25) is 0 Å². The minimum atomic E-state index is -0.0577. The summed E-state index contributed by atoms with van der Waals surface area (Å²) in [5, 5.41) is 2.01. The molecule has 5 heteroatoms. The molecule has 24 heavy (non-hydrogen) atoms. The van der Waals surface area contributed by atoms with E-state index in [1.165, 1.54) is 0 Å². The molecule has 0 radical (unpaired) electrons. The Labute approximate surface area is 147 Å². The van der Waals surface area contributed by atoms with Crippen LogP contribution in [0, 0.1) is 0 Å². The smallest absolute Gasteiger partial charge is 0.254 e. The Morgan fingerprint density at radius 1 is 1.33 bits per heavy atom. The number of carbonyl (C=O) groups excluding carboxylic acids is 1. The molecule has 4 nitrogen and oxygen atoms in total. The molecule has 2 rings (SSSR count). The number of nitrogens with zero attached hydrogens (tertiary/aromatic N) is 1. The third kappa shape index (κ3) is 4.61. The fraction of sp³-hybridized carbons (Fsp3) is 0.316. The van der Waals surface area contributed by atoms with Crippen molar-refractivity contribution in [2.75, 3.05) is 13.7 Å². The minimum absolute atomic E-state index is 0.0385. The van der Waals surface area contributed by atoms with Gasteiger partial charge in [-0.25, -0.2) is 0 Å². The lowest BCUT2D eigenvalue weighted by Gasteiger charge is -2.21. The second-order valence-corrected chi connectivity index (χ2v) is 6.62. The molecule has 0 aliphatic heterocycles. The van der Waals surface area contributed by atoms with E-state index in [2.05, 4.69) is 6.58 Å². The van der Waals surface area contributed by atoms with Crippen molar-refractivity contribution in [2.24, 2.45) is 0 Å². The number of carbonyl (C=O) groups is 1. The van der Waals surface area contributed by atoms with Gasteiger partial charge in [0.25, 0.3) is 5.91 Å². The SMILES string of the molecule is C=CCN(Cc1cccs1)C(=O)c1ccc(OC(C)C)c(OC)c1. The average molecular weight is 345 g/mol. The van der Waals surface area contributed by atoms with E-state index in [1.807, 2.05) is 31.4 Å². The third-order valence-corrected chi connectivity index (χ3v) is 4.20. The Morgan fingerprint density at radius 2 is 2.12 bits per heavy atom. The third-order valence-electron chi connectivity index (χ3n) is 3.34. The fourth-order valence-corrected chi connectivity index (χ4v) is 3.02. The van der Waals surface area contributed by atoms with Gasteiger partial charge in [0.15, 0.2) is 11.5 Å². The van der Waals surface area contributed by atoms with Gasteiger partial charge in [-0.05, 0) is 43.5 Å². The lowest BCUT2D eigenvalue weighted by molar-refractivity contribution is 0.0763. The van der Waals surface area contributed by atoms with Gasteiger partial charge in [-0.15, -0.1) is 17.9 Å². The number of thiophene rings is 1. The molecular formula is C19H23NO3S. The zero-order valence-corrected chi connectivity index (χ0v) is 15.1. The summed E-state index contributed by atoms with van der Waals surface area (Å²) in [4.78, 5) is 15.7. The quantitative estimate of drug-likeness (QED) is 0.667. The van der Waals surface area contributed by atoms with Crippen LogP contribution >= 0.6 is 11.3 Å². The van der Waals surface area contributed by atoms with Crippen LogP contribution in [0.3, 0.4) is 0 Å². The molecule has 1 aromatic carbocycles. The van der Waals surface area contributed by atoms with Crippen molar-refractivity contribution in [1.82, 2.24) is 4.90 Å². The van der Waals surface area contributed by atoms with Crippen LogP contribution < -0.4 is 9.47 Å². The Morgan fingerprint density at radius 3 is 2.71 bits per heavy atom. The van der Waals surface area contributed by atoms with Crippen molar-refractivity contribution in [3.05, 3.63) is 58.8 Å². The maximum absolute atomic E-state index is 12.8. The molecule has 0 fully saturated rings. The first-order valence-electron chi connectivity index (χ1n) is 7.82. The van der Waals surface area contributed by atoms with E-state index < -0.39 is 0 Å². The Bertz CT molecular complexity index is 680. The Balaban J connectivity index is 2.23. The standard InChI is InChI=1S/C19H23NO3S/c1-5-10-20(13-16-7-6-11-24-16)19(21)15-8-9-17(23-14(2)3)18(12-15)22-4/h5-9,11-12,14H,1,10,13H2,2-4H3. The molecule has 0 saturated carbocycles. The second kappa shape index (κ2) is 8.55. The van der Waals surface area contributed by atoms with Crippen molar-refractivity contribution in [2.45, 2.75) is 26.5 Å². The highest BCUT2D eigenvalue weighted by molar-refractivity contribution is 7.09. The highest BCUT2D eigenvalue weighted by Crippen LogP contribution is 2.29. The number of methoxy groups -OCH3 is 1. The van der Waals surface area contributed by atoms with E-state index in [1.54, 1.807) is 47.6 Å². The average Bonchev–Trinajstić information content (AvgIpc) is 3.06. The van der Waals surface area contributed by atoms with Crippen LogP contribution in [-0.2, 0) is 6.54 Å². The van der Waals surface area contributed by atoms with E-state index in [9.17, 15) is 4.79 Å². The van der Waals surface area contributed by atoms with Gasteiger partial charge < -0.3 is 14.4 Å². The zero-order chi connectivity index (χ0) is 17.5. The maximum Gasteiger partial charge on any atom is 0.254 e. The first-order valence-corrected chi connectivity index (χ1v) is 8.70. The highest BCUT2D eigenvalue weighted by Gasteiger charge is 2.18. The molecule has 0 atom stereocenters. The van der Waals surface area contributed by atoms with Crippen LogP contribution in [-0.4, -0.2) is 30.6 Å². The van der Waals surface area contributed by atoms with Crippen molar-refractivity contribution in [3.8, 4) is 11.5 Å². The molecule has 1 aromatic heterocycles. The van der Waals surface area contributed by atoms with Crippen molar-refractivity contribution >= 4 is 17.2 Å². The number of hydrogen-bond acceptors (Lipinski definition) is 4. The molecule has 0 aliphatic carbocycles. The number of rotatable bonds is 8. The van der Waals surface area contributed by atoms with Crippen LogP contribution in [0.4, 0.5) is 0 Å². The monoisotopic (exact) mass is 345 g/mol. The van der Waals surface area contributed by atoms with Crippen molar-refractivity contribution < 1.29 is 14.3 Å². The lowest BCUT2D eigenvalue weighted by atomic mass is 10.1. The van der Waals surface area contributed by atoms with E-state index in [4.69, 9.17) is 9.47 Å². The molecule has 0 spiro atoms. The minimum Gasteiger partial charge on any atom is -0.493 e. The maximum atomic E-state index is 12.8. The molecule has 1 amide bonds. The number of amides is 1. The number of ether oxygens (including phenoxy) is 2. The topological polar surface area (TPSA) is 38.8 Å². The van der Waals surface area contributed by atoms with E-state index in [0.29, 0.717) is 30.2 Å². The van der Waals surface area contributed by atoms with Gasteiger partial charge in [0, 0.05) is 17.0 Å². The van der Waals surface area contributed by atoms with E-state index >= 15 is 0 Å². The highest BCUT2D eigenvalue weighted by atomic mass is 32.1. The summed E-state index contributed by atoms with van der Waals surface area (Å²) in [5.74, 6) is 1.14. The zero-order valence-electron chi connectivity index (χ0n) is 14.3. The number of hydrogen-bond donors (Lipinski definition) is 0. The van der Waals surface area contributed by atoms with Crippen molar-refractivity contribution in [1.29, 1.82) is 0 Å². The van der Waals surface area contributed by atoms with Gasteiger partial charge in [-0.2, -0.15) is 0 Å². The summed E-state index contributed by atoms with van der Waals surface area (Å²) in [6, 6.07) is 9.28.